The summed E-state index contributed by atoms with van der Waals surface area (Å²) in [5.74, 6) is 0.476. The van der Waals surface area contributed by atoms with E-state index < -0.39 is 0 Å². The first-order valence-electron chi connectivity index (χ1n) is 10.00. The molecule has 0 aliphatic carbocycles. The van der Waals surface area contributed by atoms with Crippen LogP contribution in [0, 0.1) is 19.8 Å². The van der Waals surface area contributed by atoms with Gasteiger partial charge in [0.25, 0.3) is 5.91 Å². The molecule has 1 saturated heterocycles. The Morgan fingerprint density at radius 2 is 1.93 bits per heavy atom. The number of ether oxygens (including phenoxy) is 1. The van der Waals surface area contributed by atoms with E-state index in [1.54, 1.807) is 7.11 Å². The maximum atomic E-state index is 12.8. The smallest absolute Gasteiger partial charge is 0.253 e. The number of benzene rings is 2. The van der Waals surface area contributed by atoms with Crippen molar-refractivity contribution in [1.82, 2.24) is 10.2 Å². The molecule has 2 aromatic rings. The molecule has 1 atom stereocenters. The molecule has 1 amide bonds. The van der Waals surface area contributed by atoms with E-state index in [4.69, 9.17) is 4.74 Å². The number of nitrogens with one attached hydrogen (secondary N) is 2. The van der Waals surface area contributed by atoms with Crippen LogP contribution in [-0.2, 0) is 4.74 Å². The van der Waals surface area contributed by atoms with E-state index in [0.29, 0.717) is 18.0 Å². The highest BCUT2D eigenvalue weighted by Crippen LogP contribution is 2.25. The third-order valence-electron chi connectivity index (χ3n) is 5.58. The minimum atomic E-state index is -0.0243. The van der Waals surface area contributed by atoms with Crippen molar-refractivity contribution >= 4 is 17.3 Å². The van der Waals surface area contributed by atoms with E-state index in [9.17, 15) is 4.79 Å². The number of methoxy groups -OCH3 is 1. The molecule has 0 unspecified atom stereocenters. The summed E-state index contributed by atoms with van der Waals surface area (Å²) in [6, 6.07) is 13.9. The Kier molecular flexibility index (Phi) is 7.06. The van der Waals surface area contributed by atoms with Crippen LogP contribution >= 0.6 is 0 Å². The second kappa shape index (κ2) is 9.71. The van der Waals surface area contributed by atoms with Crippen LogP contribution in [0.4, 0.5) is 11.4 Å². The Morgan fingerprint density at radius 1 is 1.14 bits per heavy atom. The van der Waals surface area contributed by atoms with E-state index in [1.165, 1.54) is 11.1 Å². The van der Waals surface area contributed by atoms with Crippen LogP contribution in [0.25, 0.3) is 0 Å². The van der Waals surface area contributed by atoms with Gasteiger partial charge < -0.3 is 20.3 Å². The summed E-state index contributed by atoms with van der Waals surface area (Å²) in [6.07, 6.45) is 1.12. The highest BCUT2D eigenvalue weighted by Gasteiger charge is 2.23. The molecule has 2 aromatic carbocycles. The maximum absolute atomic E-state index is 12.8. The van der Waals surface area contributed by atoms with Crippen molar-refractivity contribution in [3.63, 3.8) is 0 Å². The molecule has 150 valence electrons. The van der Waals surface area contributed by atoms with Crippen LogP contribution in [0.2, 0.25) is 0 Å². The van der Waals surface area contributed by atoms with Crippen LogP contribution in [0.15, 0.2) is 42.5 Å². The molecule has 0 saturated carbocycles. The Labute approximate surface area is 168 Å². The van der Waals surface area contributed by atoms with Crippen LogP contribution in [0.5, 0.6) is 0 Å². The number of amides is 1. The second-order valence-electron chi connectivity index (χ2n) is 7.58. The fraction of sp³-hybridized carbons (Fsp3) is 0.435. The van der Waals surface area contributed by atoms with Crippen molar-refractivity contribution in [2.45, 2.75) is 20.3 Å². The Hall–Kier alpha value is -2.37. The Morgan fingerprint density at radius 3 is 2.75 bits per heavy atom. The van der Waals surface area contributed by atoms with Crippen molar-refractivity contribution in [2.75, 3.05) is 45.2 Å². The standard InChI is InChI=1S/C23H31N3O2/c1-17-7-6-10-21(18(17)2)25-22-9-5-4-8-20(22)23(27)24-15-19-11-12-26(16-19)13-14-28-3/h4-10,19,25H,11-16H2,1-3H3,(H,24,27)/t19-/m0/s1. The molecule has 1 aliphatic rings. The number of aryl methyl sites for hydroxylation is 1. The van der Waals surface area contributed by atoms with Gasteiger partial charge in [0.1, 0.15) is 0 Å². The molecule has 5 nitrogen and oxygen atoms in total. The molecule has 2 N–H and O–H groups in total. The molecule has 0 aromatic heterocycles. The largest absolute Gasteiger partial charge is 0.383 e. The zero-order chi connectivity index (χ0) is 19.9. The van der Waals surface area contributed by atoms with Gasteiger partial charge in [0, 0.05) is 32.4 Å². The number of hydrogen-bond acceptors (Lipinski definition) is 4. The number of anilines is 2. The summed E-state index contributed by atoms with van der Waals surface area (Å²) in [4.78, 5) is 15.2. The molecule has 3 rings (SSSR count). The van der Waals surface area contributed by atoms with Gasteiger partial charge in [0.2, 0.25) is 0 Å². The summed E-state index contributed by atoms with van der Waals surface area (Å²) < 4.78 is 5.15. The Bertz CT molecular complexity index is 806. The second-order valence-corrected chi connectivity index (χ2v) is 7.58. The highest BCUT2D eigenvalue weighted by atomic mass is 16.5. The van der Waals surface area contributed by atoms with Gasteiger partial charge in [-0.15, -0.1) is 0 Å². The average Bonchev–Trinajstić information content (AvgIpc) is 3.16. The predicted molar refractivity (Wildman–Crippen MR) is 114 cm³/mol. The zero-order valence-electron chi connectivity index (χ0n) is 17.1. The maximum Gasteiger partial charge on any atom is 0.253 e. The van der Waals surface area contributed by atoms with Gasteiger partial charge in [0.15, 0.2) is 0 Å². The van der Waals surface area contributed by atoms with Gasteiger partial charge in [-0.25, -0.2) is 0 Å². The fourth-order valence-corrected chi connectivity index (χ4v) is 3.66. The molecular formula is C23H31N3O2. The van der Waals surface area contributed by atoms with E-state index in [0.717, 1.165) is 44.0 Å². The minimum Gasteiger partial charge on any atom is -0.383 e. The first kappa shape index (κ1) is 20.4. The molecular weight excluding hydrogens is 350 g/mol. The molecule has 0 radical (unpaired) electrons. The van der Waals surface area contributed by atoms with Crippen LogP contribution in [0.1, 0.15) is 27.9 Å². The number of para-hydroxylation sites is 1. The quantitative estimate of drug-likeness (QED) is 0.731. The molecule has 28 heavy (non-hydrogen) atoms. The molecule has 1 aliphatic heterocycles. The lowest BCUT2D eigenvalue weighted by molar-refractivity contribution is 0.0947. The van der Waals surface area contributed by atoms with Crippen molar-refractivity contribution in [3.8, 4) is 0 Å². The summed E-state index contributed by atoms with van der Waals surface area (Å²) in [7, 11) is 1.73. The Balaban J connectivity index is 1.61. The average molecular weight is 382 g/mol. The lowest BCUT2D eigenvalue weighted by Crippen LogP contribution is -2.32. The number of hydrogen-bond donors (Lipinski definition) is 2. The molecule has 0 bridgehead atoms. The van der Waals surface area contributed by atoms with Crippen LogP contribution < -0.4 is 10.6 Å². The van der Waals surface area contributed by atoms with Crippen molar-refractivity contribution in [3.05, 3.63) is 59.2 Å². The first-order valence-corrected chi connectivity index (χ1v) is 10.00. The van der Waals surface area contributed by atoms with Gasteiger partial charge in [-0.1, -0.05) is 24.3 Å². The van der Waals surface area contributed by atoms with Crippen molar-refractivity contribution in [1.29, 1.82) is 0 Å². The number of nitrogens with zero attached hydrogens (tertiary/aromatic N) is 1. The normalized spacial score (nSPS) is 16.9. The summed E-state index contributed by atoms with van der Waals surface area (Å²) in [5, 5.41) is 6.57. The van der Waals surface area contributed by atoms with Gasteiger partial charge in [-0.2, -0.15) is 0 Å². The highest BCUT2D eigenvalue weighted by molar-refractivity contribution is 6.00. The van der Waals surface area contributed by atoms with E-state index in [-0.39, 0.29) is 5.91 Å². The number of carbonyl (C=O) groups is 1. The lowest BCUT2D eigenvalue weighted by atomic mass is 10.1. The first-order chi connectivity index (χ1) is 13.6. The minimum absolute atomic E-state index is 0.0243. The SMILES string of the molecule is COCCN1CC[C@@H](CNC(=O)c2ccccc2Nc2cccc(C)c2C)C1. The van der Waals surface area contributed by atoms with Crippen molar-refractivity contribution < 1.29 is 9.53 Å². The van der Waals surface area contributed by atoms with Gasteiger partial charge in [-0.05, 0) is 62.1 Å². The third-order valence-corrected chi connectivity index (χ3v) is 5.58. The molecule has 1 heterocycles. The number of likely N-dealkylation sites (tertiary alicyclic amines) is 1. The summed E-state index contributed by atoms with van der Waals surface area (Å²) in [6.45, 7) is 8.72. The topological polar surface area (TPSA) is 53.6 Å². The monoisotopic (exact) mass is 381 g/mol. The van der Waals surface area contributed by atoms with Gasteiger partial charge >= 0.3 is 0 Å². The van der Waals surface area contributed by atoms with Gasteiger partial charge in [-0.3, -0.25) is 4.79 Å². The number of carbonyl (C=O) groups excluding carboxylic acids is 1. The van der Waals surface area contributed by atoms with Gasteiger partial charge in [0.05, 0.1) is 17.9 Å². The molecule has 0 spiro atoms. The summed E-state index contributed by atoms with van der Waals surface area (Å²) >= 11 is 0. The number of rotatable bonds is 8. The zero-order valence-corrected chi connectivity index (χ0v) is 17.1. The molecule has 1 fully saturated rings. The molecule has 5 heteroatoms. The third kappa shape index (κ3) is 5.12. The van der Waals surface area contributed by atoms with Crippen molar-refractivity contribution in [2.24, 2.45) is 5.92 Å². The lowest BCUT2D eigenvalue weighted by Gasteiger charge is -2.17. The summed E-state index contributed by atoms with van der Waals surface area (Å²) in [5.41, 5.74) is 4.97. The fourth-order valence-electron chi connectivity index (χ4n) is 3.66. The van der Waals surface area contributed by atoms with E-state index in [2.05, 4.69) is 35.4 Å². The van der Waals surface area contributed by atoms with Crippen LogP contribution in [0.3, 0.4) is 0 Å². The van der Waals surface area contributed by atoms with E-state index >= 15 is 0 Å². The van der Waals surface area contributed by atoms with Crippen LogP contribution in [-0.4, -0.2) is 50.7 Å². The van der Waals surface area contributed by atoms with E-state index in [1.807, 2.05) is 36.4 Å². The predicted octanol–water partition coefficient (Wildman–Crippen LogP) is 3.75.